The van der Waals surface area contributed by atoms with Gasteiger partial charge in [0, 0.05) is 18.5 Å². The number of ether oxygens (including phenoxy) is 1. The lowest BCUT2D eigenvalue weighted by atomic mass is 10.1. The first kappa shape index (κ1) is 21.8. The molecule has 1 aromatic carbocycles. The number of pyridine rings is 1. The first-order chi connectivity index (χ1) is 15.6. The standard InChI is InChI=1S/C21H21N5O4.C2H6/c27-18(28)12-25-11-13-4-3-5-16(19(13)21(25)29)24-15-8-14-9-23-26(20(14)22-10-15)17-6-1-2-7-30-17;1-2/h3-5,8-10,17,24H,1-2,6-7,11-12H2,(H,27,28);1-2H3. The summed E-state index contributed by atoms with van der Waals surface area (Å²) >= 11 is 0. The van der Waals surface area contributed by atoms with Crippen molar-refractivity contribution in [1.29, 1.82) is 0 Å². The van der Waals surface area contributed by atoms with E-state index >= 15 is 0 Å². The van der Waals surface area contributed by atoms with Crippen LogP contribution in [-0.2, 0) is 16.1 Å². The molecule has 1 fully saturated rings. The topological polar surface area (TPSA) is 110 Å². The summed E-state index contributed by atoms with van der Waals surface area (Å²) in [4.78, 5) is 29.6. The molecule has 0 radical (unpaired) electrons. The molecule has 9 nitrogen and oxygen atoms in total. The summed E-state index contributed by atoms with van der Waals surface area (Å²) in [5, 5.41) is 17.6. The number of nitrogens with one attached hydrogen (secondary N) is 1. The number of hydrogen-bond donors (Lipinski definition) is 2. The average molecular weight is 438 g/mol. The minimum absolute atomic E-state index is 0.0854. The van der Waals surface area contributed by atoms with Gasteiger partial charge in [0.15, 0.2) is 11.9 Å². The Morgan fingerprint density at radius 3 is 2.88 bits per heavy atom. The van der Waals surface area contributed by atoms with Crippen LogP contribution >= 0.6 is 0 Å². The summed E-state index contributed by atoms with van der Waals surface area (Å²) in [6.45, 7) is 4.71. The lowest BCUT2D eigenvalue weighted by molar-refractivity contribution is -0.137. The third kappa shape index (κ3) is 4.16. The number of nitrogens with zero attached hydrogens (tertiary/aromatic N) is 4. The largest absolute Gasteiger partial charge is 0.480 e. The van der Waals surface area contributed by atoms with Gasteiger partial charge in [-0.15, -0.1) is 0 Å². The fraction of sp³-hybridized carbons (Fsp3) is 0.391. The van der Waals surface area contributed by atoms with Gasteiger partial charge in [-0.25, -0.2) is 9.67 Å². The van der Waals surface area contributed by atoms with Gasteiger partial charge in [0.2, 0.25) is 0 Å². The molecular formula is C23H27N5O4. The van der Waals surface area contributed by atoms with Crippen LogP contribution in [0.1, 0.15) is 55.3 Å². The van der Waals surface area contributed by atoms with E-state index < -0.39 is 5.97 Å². The van der Waals surface area contributed by atoms with E-state index in [2.05, 4.69) is 15.4 Å². The smallest absolute Gasteiger partial charge is 0.323 e. The highest BCUT2D eigenvalue weighted by atomic mass is 16.5. The number of fused-ring (bicyclic) bond motifs is 2. The number of anilines is 2. The molecule has 1 amide bonds. The van der Waals surface area contributed by atoms with Crippen LogP contribution < -0.4 is 5.32 Å². The maximum absolute atomic E-state index is 12.7. The molecule has 0 bridgehead atoms. The van der Waals surface area contributed by atoms with Crippen LogP contribution in [0, 0.1) is 0 Å². The Hall–Kier alpha value is -3.46. The van der Waals surface area contributed by atoms with E-state index in [1.165, 1.54) is 4.90 Å². The summed E-state index contributed by atoms with van der Waals surface area (Å²) < 4.78 is 7.64. The number of carboxylic acids is 1. The van der Waals surface area contributed by atoms with Gasteiger partial charge in [0.05, 0.1) is 29.3 Å². The van der Waals surface area contributed by atoms with Crippen molar-refractivity contribution < 1.29 is 19.4 Å². The normalized spacial score (nSPS) is 17.6. The number of aliphatic carboxylic acids is 1. The first-order valence-electron chi connectivity index (χ1n) is 10.9. The lowest BCUT2D eigenvalue weighted by Gasteiger charge is -2.23. The second-order valence-electron chi connectivity index (χ2n) is 7.57. The predicted molar refractivity (Wildman–Crippen MR) is 120 cm³/mol. The van der Waals surface area contributed by atoms with Crippen molar-refractivity contribution in [2.24, 2.45) is 0 Å². The van der Waals surface area contributed by atoms with E-state index in [1.54, 1.807) is 12.4 Å². The average Bonchev–Trinajstić information content (AvgIpc) is 3.37. The van der Waals surface area contributed by atoms with E-state index in [-0.39, 0.29) is 18.7 Å². The van der Waals surface area contributed by atoms with Gasteiger partial charge in [-0.1, -0.05) is 26.0 Å². The van der Waals surface area contributed by atoms with Crippen LogP contribution in [0.25, 0.3) is 11.0 Å². The maximum Gasteiger partial charge on any atom is 0.323 e. The Bertz CT molecular complexity index is 1140. The Labute approximate surface area is 186 Å². The number of carbonyl (C=O) groups is 2. The van der Waals surface area contributed by atoms with E-state index in [1.807, 2.05) is 42.8 Å². The molecule has 0 aliphatic carbocycles. The zero-order valence-electron chi connectivity index (χ0n) is 18.2. The molecule has 5 rings (SSSR count). The summed E-state index contributed by atoms with van der Waals surface area (Å²) in [6, 6.07) is 7.44. The zero-order valence-corrected chi connectivity index (χ0v) is 18.2. The summed E-state index contributed by atoms with van der Waals surface area (Å²) in [5.41, 5.74) is 3.43. The number of amides is 1. The summed E-state index contributed by atoms with van der Waals surface area (Å²) in [6.07, 6.45) is 6.48. The van der Waals surface area contributed by atoms with Gasteiger partial charge in [0.25, 0.3) is 5.91 Å². The van der Waals surface area contributed by atoms with Crippen LogP contribution in [0.4, 0.5) is 11.4 Å². The Morgan fingerprint density at radius 2 is 2.12 bits per heavy atom. The van der Waals surface area contributed by atoms with E-state index in [4.69, 9.17) is 9.84 Å². The molecule has 0 spiro atoms. The lowest BCUT2D eigenvalue weighted by Crippen LogP contribution is -2.30. The second kappa shape index (κ2) is 9.35. The van der Waals surface area contributed by atoms with E-state index in [0.717, 1.165) is 48.2 Å². The molecule has 3 aromatic rings. The molecule has 2 N–H and O–H groups in total. The van der Waals surface area contributed by atoms with Crippen molar-refractivity contribution in [2.75, 3.05) is 18.5 Å². The van der Waals surface area contributed by atoms with Crippen LogP contribution in [-0.4, -0.2) is 49.8 Å². The first-order valence-corrected chi connectivity index (χ1v) is 10.9. The maximum atomic E-state index is 12.7. The third-order valence-electron chi connectivity index (χ3n) is 5.48. The van der Waals surface area contributed by atoms with Crippen LogP contribution in [0.5, 0.6) is 0 Å². The number of rotatable bonds is 5. The fourth-order valence-electron chi connectivity index (χ4n) is 4.11. The number of aromatic nitrogens is 3. The molecule has 2 aliphatic heterocycles. The fourth-order valence-corrected chi connectivity index (χ4v) is 4.11. The Balaban J connectivity index is 0.00000119. The van der Waals surface area contributed by atoms with Crippen LogP contribution in [0.3, 0.4) is 0 Å². The summed E-state index contributed by atoms with van der Waals surface area (Å²) in [5.74, 6) is -1.31. The van der Waals surface area contributed by atoms with Crippen molar-refractivity contribution in [3.8, 4) is 0 Å². The van der Waals surface area contributed by atoms with Crippen LogP contribution in [0.15, 0.2) is 36.7 Å². The van der Waals surface area contributed by atoms with Gasteiger partial charge >= 0.3 is 5.97 Å². The second-order valence-corrected chi connectivity index (χ2v) is 7.57. The third-order valence-corrected chi connectivity index (χ3v) is 5.48. The van der Waals surface area contributed by atoms with E-state index in [9.17, 15) is 9.59 Å². The van der Waals surface area contributed by atoms with Crippen molar-refractivity contribution in [3.05, 3.63) is 47.8 Å². The molecule has 168 valence electrons. The molecule has 9 heteroatoms. The van der Waals surface area contributed by atoms with Gasteiger partial charge in [-0.3, -0.25) is 9.59 Å². The van der Waals surface area contributed by atoms with Gasteiger partial charge in [-0.2, -0.15) is 5.10 Å². The number of hydrogen-bond acceptors (Lipinski definition) is 6. The van der Waals surface area contributed by atoms with Crippen LogP contribution in [0.2, 0.25) is 0 Å². The molecule has 4 heterocycles. The molecule has 1 unspecified atom stereocenters. The number of benzene rings is 1. The SMILES string of the molecule is CC.O=C(O)CN1Cc2cccc(Nc3cnc4c(cnn4C4CCCCO4)c3)c2C1=O. The van der Waals surface area contributed by atoms with Gasteiger partial charge < -0.3 is 20.1 Å². The van der Waals surface area contributed by atoms with Crippen molar-refractivity contribution in [2.45, 2.75) is 45.9 Å². The van der Waals surface area contributed by atoms with Crippen molar-refractivity contribution in [1.82, 2.24) is 19.7 Å². The highest BCUT2D eigenvalue weighted by Crippen LogP contribution is 2.32. The molecule has 32 heavy (non-hydrogen) atoms. The molecule has 1 atom stereocenters. The summed E-state index contributed by atoms with van der Waals surface area (Å²) in [7, 11) is 0. The highest BCUT2D eigenvalue weighted by molar-refractivity contribution is 6.05. The van der Waals surface area contributed by atoms with Crippen molar-refractivity contribution >= 4 is 34.3 Å². The predicted octanol–water partition coefficient (Wildman–Crippen LogP) is 3.94. The monoisotopic (exact) mass is 437 g/mol. The van der Waals surface area contributed by atoms with Crippen molar-refractivity contribution in [3.63, 3.8) is 0 Å². The van der Waals surface area contributed by atoms with Gasteiger partial charge in [0.1, 0.15) is 6.54 Å². The highest BCUT2D eigenvalue weighted by Gasteiger charge is 2.31. The molecule has 2 aromatic heterocycles. The minimum atomic E-state index is -1.03. The zero-order chi connectivity index (χ0) is 22.7. The molecule has 1 saturated heterocycles. The Kier molecular flexibility index (Phi) is 6.36. The Morgan fingerprint density at radius 1 is 1.28 bits per heavy atom. The molecule has 0 saturated carbocycles. The quantitative estimate of drug-likeness (QED) is 0.622. The molecule has 2 aliphatic rings. The minimum Gasteiger partial charge on any atom is -0.480 e. The van der Waals surface area contributed by atoms with Gasteiger partial charge in [-0.05, 0) is 37.0 Å². The number of carbonyl (C=O) groups excluding carboxylic acids is 1. The molecular weight excluding hydrogens is 410 g/mol. The number of carboxylic acid groups (broad SMARTS) is 1. The van der Waals surface area contributed by atoms with E-state index in [0.29, 0.717) is 17.8 Å².